The molecule has 1 aromatic heterocycles. The van der Waals surface area contributed by atoms with Gasteiger partial charge in [0.1, 0.15) is 11.7 Å². The fourth-order valence-electron chi connectivity index (χ4n) is 1.40. The summed E-state index contributed by atoms with van der Waals surface area (Å²) in [5.74, 6) is -0.157. The summed E-state index contributed by atoms with van der Waals surface area (Å²) in [5.41, 5.74) is 6.45. The number of alkyl halides is 1. The van der Waals surface area contributed by atoms with Gasteiger partial charge in [0.2, 0.25) is 0 Å². The fraction of sp³-hybridized carbons (Fsp3) is 0.0909. The SMILES string of the molecule is NC(CCl)=Nc1cc(F)ccc1-n1cc(Cl)cn1. The summed E-state index contributed by atoms with van der Waals surface area (Å²) < 4.78 is 14.7. The van der Waals surface area contributed by atoms with Crippen molar-refractivity contribution >= 4 is 34.7 Å². The monoisotopic (exact) mass is 286 g/mol. The lowest BCUT2D eigenvalue weighted by Crippen LogP contribution is -2.12. The smallest absolute Gasteiger partial charge is 0.125 e. The Bertz CT molecular complexity index is 594. The molecular weight excluding hydrogens is 278 g/mol. The van der Waals surface area contributed by atoms with Crippen molar-refractivity contribution in [3.63, 3.8) is 0 Å². The maximum Gasteiger partial charge on any atom is 0.125 e. The minimum Gasteiger partial charge on any atom is -0.386 e. The van der Waals surface area contributed by atoms with E-state index in [2.05, 4.69) is 10.1 Å². The predicted octanol–water partition coefficient (Wildman–Crippen LogP) is 2.89. The van der Waals surface area contributed by atoms with Gasteiger partial charge in [-0.05, 0) is 12.1 Å². The van der Waals surface area contributed by atoms with Crippen LogP contribution in [0.2, 0.25) is 5.02 Å². The van der Waals surface area contributed by atoms with Crippen LogP contribution in [0.25, 0.3) is 5.69 Å². The van der Waals surface area contributed by atoms with E-state index in [9.17, 15) is 4.39 Å². The van der Waals surface area contributed by atoms with Crippen molar-refractivity contribution in [2.75, 3.05) is 5.88 Å². The number of hydrogen-bond donors (Lipinski definition) is 1. The summed E-state index contributed by atoms with van der Waals surface area (Å²) in [6.07, 6.45) is 3.06. The van der Waals surface area contributed by atoms with E-state index in [-0.39, 0.29) is 11.7 Å². The summed E-state index contributed by atoms with van der Waals surface area (Å²) in [5, 5.41) is 4.50. The van der Waals surface area contributed by atoms with Crippen molar-refractivity contribution in [2.24, 2.45) is 10.7 Å². The van der Waals surface area contributed by atoms with Crippen LogP contribution in [0, 0.1) is 5.82 Å². The lowest BCUT2D eigenvalue weighted by atomic mass is 10.2. The van der Waals surface area contributed by atoms with Crippen LogP contribution in [0.15, 0.2) is 35.6 Å². The Morgan fingerprint density at radius 3 is 2.89 bits per heavy atom. The van der Waals surface area contributed by atoms with Gasteiger partial charge >= 0.3 is 0 Å². The van der Waals surface area contributed by atoms with Crippen LogP contribution in [0.1, 0.15) is 0 Å². The Labute approximate surface area is 113 Å². The third kappa shape index (κ3) is 2.80. The van der Waals surface area contributed by atoms with Gasteiger partial charge in [-0.15, -0.1) is 11.6 Å². The molecule has 2 aromatic rings. The molecule has 0 amide bonds. The molecule has 0 saturated carbocycles. The summed E-state index contributed by atoms with van der Waals surface area (Å²) in [6.45, 7) is 0. The molecule has 2 rings (SSSR count). The van der Waals surface area contributed by atoms with Crippen LogP contribution in [0.4, 0.5) is 10.1 Å². The predicted molar refractivity (Wildman–Crippen MR) is 70.5 cm³/mol. The minimum absolute atomic E-state index is 0.0653. The van der Waals surface area contributed by atoms with Crippen molar-refractivity contribution < 1.29 is 4.39 Å². The van der Waals surface area contributed by atoms with E-state index in [4.69, 9.17) is 28.9 Å². The summed E-state index contributed by atoms with van der Waals surface area (Å²) in [4.78, 5) is 4.04. The second kappa shape index (κ2) is 5.37. The van der Waals surface area contributed by atoms with Crippen molar-refractivity contribution in [3.05, 3.63) is 41.4 Å². The molecule has 0 spiro atoms. The van der Waals surface area contributed by atoms with Gasteiger partial charge in [-0.25, -0.2) is 14.1 Å². The lowest BCUT2D eigenvalue weighted by Gasteiger charge is -2.06. The van der Waals surface area contributed by atoms with Gasteiger partial charge in [0, 0.05) is 12.3 Å². The number of benzene rings is 1. The number of hydrogen-bond acceptors (Lipinski definition) is 2. The topological polar surface area (TPSA) is 56.2 Å². The quantitative estimate of drug-likeness (QED) is 0.536. The highest BCUT2D eigenvalue weighted by atomic mass is 35.5. The Balaban J connectivity index is 2.53. The number of nitrogens with zero attached hydrogens (tertiary/aromatic N) is 3. The van der Waals surface area contributed by atoms with Crippen molar-refractivity contribution in [3.8, 4) is 5.69 Å². The van der Waals surface area contributed by atoms with Gasteiger partial charge in [-0.1, -0.05) is 11.6 Å². The van der Waals surface area contributed by atoms with Gasteiger partial charge < -0.3 is 5.73 Å². The molecule has 0 unspecified atom stereocenters. The van der Waals surface area contributed by atoms with Gasteiger partial charge in [-0.2, -0.15) is 5.10 Å². The molecule has 0 radical (unpaired) electrons. The standard InChI is InChI=1S/C11H9Cl2FN4/c12-4-11(15)17-9-3-8(14)1-2-10(9)18-6-7(13)5-16-18/h1-3,5-6H,4H2,(H2,15,17). The average Bonchev–Trinajstić information content (AvgIpc) is 2.75. The van der Waals surface area contributed by atoms with Crippen molar-refractivity contribution in [1.29, 1.82) is 0 Å². The third-order valence-electron chi connectivity index (χ3n) is 2.14. The van der Waals surface area contributed by atoms with E-state index >= 15 is 0 Å². The molecule has 1 heterocycles. The van der Waals surface area contributed by atoms with Crippen LogP contribution in [0.5, 0.6) is 0 Å². The number of nitrogens with two attached hydrogens (primary N) is 1. The maximum atomic E-state index is 13.2. The van der Waals surface area contributed by atoms with Crippen LogP contribution >= 0.6 is 23.2 Å². The normalized spacial score (nSPS) is 11.8. The van der Waals surface area contributed by atoms with Crippen LogP contribution in [-0.4, -0.2) is 21.5 Å². The first-order valence-corrected chi connectivity index (χ1v) is 5.90. The average molecular weight is 287 g/mol. The van der Waals surface area contributed by atoms with Crippen molar-refractivity contribution in [1.82, 2.24) is 9.78 Å². The molecule has 0 fully saturated rings. The minimum atomic E-state index is -0.418. The van der Waals surface area contributed by atoms with E-state index in [0.717, 1.165) is 0 Å². The summed E-state index contributed by atoms with van der Waals surface area (Å²) in [6, 6.07) is 4.10. The molecule has 0 aliphatic heterocycles. The largest absolute Gasteiger partial charge is 0.386 e. The molecule has 1 aromatic carbocycles. The first-order valence-electron chi connectivity index (χ1n) is 4.99. The molecule has 0 aliphatic carbocycles. The number of aliphatic imine (C=N–C) groups is 1. The Morgan fingerprint density at radius 1 is 1.50 bits per heavy atom. The molecule has 0 saturated heterocycles. The van der Waals surface area contributed by atoms with E-state index in [1.54, 1.807) is 12.3 Å². The Hall–Kier alpha value is -1.59. The highest BCUT2D eigenvalue weighted by molar-refractivity contribution is 6.30. The highest BCUT2D eigenvalue weighted by Crippen LogP contribution is 2.25. The van der Waals surface area contributed by atoms with E-state index < -0.39 is 5.82 Å². The second-order valence-electron chi connectivity index (χ2n) is 3.47. The van der Waals surface area contributed by atoms with Gasteiger partial charge in [-0.3, -0.25) is 0 Å². The zero-order chi connectivity index (χ0) is 13.1. The summed E-state index contributed by atoms with van der Waals surface area (Å²) in [7, 11) is 0. The number of aromatic nitrogens is 2. The Morgan fingerprint density at radius 2 is 2.28 bits per heavy atom. The van der Waals surface area contributed by atoms with E-state index in [1.165, 1.54) is 23.0 Å². The molecule has 4 nitrogen and oxygen atoms in total. The molecule has 18 heavy (non-hydrogen) atoms. The zero-order valence-corrected chi connectivity index (χ0v) is 10.7. The van der Waals surface area contributed by atoms with E-state index in [0.29, 0.717) is 16.4 Å². The van der Waals surface area contributed by atoms with Gasteiger partial charge in [0.15, 0.2) is 0 Å². The van der Waals surface area contributed by atoms with Crippen molar-refractivity contribution in [2.45, 2.75) is 0 Å². The lowest BCUT2D eigenvalue weighted by molar-refractivity contribution is 0.627. The molecule has 7 heteroatoms. The number of rotatable bonds is 3. The highest BCUT2D eigenvalue weighted by Gasteiger charge is 2.07. The van der Waals surface area contributed by atoms with Crippen LogP contribution in [0.3, 0.4) is 0 Å². The molecule has 0 aliphatic rings. The summed E-state index contributed by atoms with van der Waals surface area (Å²) >= 11 is 11.3. The van der Waals surface area contributed by atoms with Crippen LogP contribution in [-0.2, 0) is 0 Å². The molecule has 0 atom stereocenters. The number of halogens is 3. The second-order valence-corrected chi connectivity index (χ2v) is 4.18. The zero-order valence-electron chi connectivity index (χ0n) is 9.15. The third-order valence-corrected chi connectivity index (χ3v) is 2.61. The Kier molecular flexibility index (Phi) is 3.84. The molecule has 2 N–H and O–H groups in total. The van der Waals surface area contributed by atoms with Gasteiger partial charge in [0.05, 0.1) is 28.5 Å². The molecule has 94 valence electrons. The molecular formula is C11H9Cl2FN4. The first-order chi connectivity index (χ1) is 8.60. The number of amidine groups is 1. The fourth-order valence-corrected chi connectivity index (χ4v) is 1.59. The van der Waals surface area contributed by atoms with E-state index in [1.807, 2.05) is 0 Å². The first kappa shape index (κ1) is 12.9. The maximum absolute atomic E-state index is 13.2. The van der Waals surface area contributed by atoms with Crippen LogP contribution < -0.4 is 5.73 Å². The molecule has 0 bridgehead atoms. The van der Waals surface area contributed by atoms with Gasteiger partial charge in [0.25, 0.3) is 0 Å².